The lowest BCUT2D eigenvalue weighted by molar-refractivity contribution is -0.149. The maximum atomic E-state index is 11.7. The van der Waals surface area contributed by atoms with Crippen LogP contribution in [0.15, 0.2) is 4.99 Å². The highest BCUT2D eigenvalue weighted by Gasteiger charge is 2.27. The molecule has 0 bridgehead atoms. The Balaban J connectivity index is 0.00000441. The van der Waals surface area contributed by atoms with Crippen LogP contribution in [0.25, 0.3) is 0 Å². The minimum Gasteiger partial charge on any atom is -0.466 e. The van der Waals surface area contributed by atoms with E-state index < -0.39 is 0 Å². The predicted molar refractivity (Wildman–Crippen MR) is 101 cm³/mol. The maximum Gasteiger partial charge on any atom is 0.309 e. The lowest BCUT2D eigenvalue weighted by atomic mass is 9.97. The molecular weight excluding hydrogens is 395 g/mol. The van der Waals surface area contributed by atoms with Crippen LogP contribution in [0.2, 0.25) is 0 Å². The second kappa shape index (κ2) is 11.9. The van der Waals surface area contributed by atoms with E-state index in [2.05, 4.69) is 34.1 Å². The fourth-order valence-electron chi connectivity index (χ4n) is 2.44. The number of likely N-dealkylation sites (N-methyl/N-ethyl adjacent to an activating group) is 1. The van der Waals surface area contributed by atoms with Gasteiger partial charge in [-0.3, -0.25) is 9.79 Å². The van der Waals surface area contributed by atoms with E-state index in [4.69, 9.17) is 4.74 Å². The monoisotopic (exact) mass is 426 g/mol. The van der Waals surface area contributed by atoms with E-state index in [1.54, 1.807) is 0 Å². The number of nitrogens with one attached hydrogen (secondary N) is 1. The van der Waals surface area contributed by atoms with Crippen LogP contribution in [-0.2, 0) is 9.53 Å². The van der Waals surface area contributed by atoms with Crippen molar-refractivity contribution in [2.75, 3.05) is 53.4 Å². The lowest BCUT2D eigenvalue weighted by Crippen LogP contribution is -2.48. The van der Waals surface area contributed by atoms with Gasteiger partial charge in [-0.15, -0.1) is 24.0 Å². The van der Waals surface area contributed by atoms with Crippen LogP contribution in [0, 0.1) is 5.92 Å². The largest absolute Gasteiger partial charge is 0.466 e. The second-order valence-corrected chi connectivity index (χ2v) is 5.38. The number of hydrogen-bond acceptors (Lipinski definition) is 4. The highest BCUT2D eigenvalue weighted by atomic mass is 127. The van der Waals surface area contributed by atoms with Crippen LogP contribution in [0.3, 0.4) is 0 Å². The number of guanidine groups is 1. The summed E-state index contributed by atoms with van der Waals surface area (Å²) in [7, 11) is 3.92. The Hall–Kier alpha value is -0.570. The number of halogens is 1. The molecule has 0 radical (unpaired) electrons. The van der Waals surface area contributed by atoms with Crippen molar-refractivity contribution in [2.24, 2.45) is 10.9 Å². The van der Waals surface area contributed by atoms with Gasteiger partial charge in [-0.05, 0) is 33.4 Å². The van der Waals surface area contributed by atoms with Crippen molar-refractivity contribution in [1.29, 1.82) is 0 Å². The Kier molecular flexibility index (Phi) is 11.6. The van der Waals surface area contributed by atoms with Crippen LogP contribution < -0.4 is 5.32 Å². The van der Waals surface area contributed by atoms with Gasteiger partial charge in [-0.2, -0.15) is 0 Å². The zero-order valence-electron chi connectivity index (χ0n) is 14.3. The highest BCUT2D eigenvalue weighted by molar-refractivity contribution is 14.0. The topological polar surface area (TPSA) is 57.2 Å². The van der Waals surface area contributed by atoms with Gasteiger partial charge in [0.1, 0.15) is 0 Å². The summed E-state index contributed by atoms with van der Waals surface area (Å²) in [6, 6.07) is 0. The first kappa shape index (κ1) is 21.4. The third-order valence-electron chi connectivity index (χ3n) is 3.94. The molecule has 7 heteroatoms. The van der Waals surface area contributed by atoms with Gasteiger partial charge in [0.05, 0.1) is 12.5 Å². The van der Waals surface area contributed by atoms with Gasteiger partial charge in [0.2, 0.25) is 0 Å². The van der Waals surface area contributed by atoms with E-state index in [-0.39, 0.29) is 35.9 Å². The number of piperidine rings is 1. The van der Waals surface area contributed by atoms with Crippen molar-refractivity contribution in [1.82, 2.24) is 15.1 Å². The van der Waals surface area contributed by atoms with E-state index in [0.717, 1.165) is 51.5 Å². The number of aliphatic imine (C=N–C) groups is 1. The molecule has 0 saturated carbocycles. The molecule has 1 rings (SSSR count). The second-order valence-electron chi connectivity index (χ2n) is 5.38. The van der Waals surface area contributed by atoms with Gasteiger partial charge in [0.15, 0.2) is 5.96 Å². The molecule has 130 valence electrons. The summed E-state index contributed by atoms with van der Waals surface area (Å²) in [6.45, 7) is 9.10. The normalized spacial score (nSPS) is 16.4. The summed E-state index contributed by atoms with van der Waals surface area (Å²) in [5.74, 6) is 0.928. The molecule has 6 nitrogen and oxygen atoms in total. The molecule has 22 heavy (non-hydrogen) atoms. The molecule has 1 heterocycles. The SMILES string of the molecule is CCOC(=O)C1CCN(C(=NC)NCCN(C)CC)CC1.I. The molecule has 1 aliphatic rings. The van der Waals surface area contributed by atoms with Crippen molar-refractivity contribution < 1.29 is 9.53 Å². The third kappa shape index (κ3) is 7.13. The number of rotatable bonds is 6. The molecule has 1 saturated heterocycles. The van der Waals surface area contributed by atoms with Crippen LogP contribution in [0.5, 0.6) is 0 Å². The summed E-state index contributed by atoms with van der Waals surface area (Å²) in [5.41, 5.74) is 0. The zero-order chi connectivity index (χ0) is 15.7. The molecule has 0 unspecified atom stereocenters. The van der Waals surface area contributed by atoms with Gasteiger partial charge in [0.25, 0.3) is 0 Å². The van der Waals surface area contributed by atoms with Crippen molar-refractivity contribution in [2.45, 2.75) is 26.7 Å². The van der Waals surface area contributed by atoms with Gasteiger partial charge in [0, 0.05) is 33.2 Å². The molecule has 1 N–H and O–H groups in total. The van der Waals surface area contributed by atoms with Crippen molar-refractivity contribution in [3.63, 3.8) is 0 Å². The van der Waals surface area contributed by atoms with Crippen molar-refractivity contribution in [3.05, 3.63) is 0 Å². The van der Waals surface area contributed by atoms with E-state index in [0.29, 0.717) is 6.61 Å². The fourth-order valence-corrected chi connectivity index (χ4v) is 2.44. The Labute approximate surface area is 151 Å². The molecule has 1 aliphatic heterocycles. The minimum absolute atomic E-state index is 0. The number of carbonyl (C=O) groups is 1. The summed E-state index contributed by atoms with van der Waals surface area (Å²) < 4.78 is 5.10. The first-order valence-electron chi connectivity index (χ1n) is 7.93. The molecular formula is C15H31IN4O2. The number of carbonyl (C=O) groups excluding carboxylic acids is 1. The Morgan fingerprint density at radius 2 is 2.00 bits per heavy atom. The third-order valence-corrected chi connectivity index (χ3v) is 3.94. The molecule has 1 fully saturated rings. The first-order chi connectivity index (χ1) is 10.1. The lowest BCUT2D eigenvalue weighted by Gasteiger charge is -2.33. The van der Waals surface area contributed by atoms with Gasteiger partial charge in [-0.25, -0.2) is 0 Å². The molecule has 0 spiro atoms. The van der Waals surface area contributed by atoms with E-state index in [1.165, 1.54) is 0 Å². The standard InChI is InChI=1S/C15H30N4O2.HI/c1-5-18(4)12-9-17-15(16-3)19-10-7-13(8-11-19)14(20)21-6-2;/h13H,5-12H2,1-4H3,(H,16,17);1H. The van der Waals surface area contributed by atoms with Gasteiger partial charge in [-0.1, -0.05) is 6.92 Å². The average molecular weight is 426 g/mol. The van der Waals surface area contributed by atoms with E-state index in [1.807, 2.05) is 14.0 Å². The van der Waals surface area contributed by atoms with E-state index >= 15 is 0 Å². The number of likely N-dealkylation sites (tertiary alicyclic amines) is 1. The van der Waals surface area contributed by atoms with Crippen LogP contribution in [0.4, 0.5) is 0 Å². The maximum absolute atomic E-state index is 11.7. The quantitative estimate of drug-likeness (QED) is 0.301. The number of ether oxygens (including phenoxy) is 1. The summed E-state index contributed by atoms with van der Waals surface area (Å²) in [4.78, 5) is 20.6. The predicted octanol–water partition coefficient (Wildman–Crippen LogP) is 1.41. The minimum atomic E-state index is -0.0512. The van der Waals surface area contributed by atoms with Crippen molar-refractivity contribution >= 4 is 35.9 Å². The van der Waals surface area contributed by atoms with Crippen LogP contribution in [0.1, 0.15) is 26.7 Å². The summed E-state index contributed by atoms with van der Waals surface area (Å²) >= 11 is 0. The van der Waals surface area contributed by atoms with E-state index in [9.17, 15) is 4.79 Å². The number of hydrogen-bond donors (Lipinski definition) is 1. The van der Waals surface area contributed by atoms with Gasteiger partial charge < -0.3 is 19.9 Å². The number of esters is 1. The van der Waals surface area contributed by atoms with Crippen molar-refractivity contribution in [3.8, 4) is 0 Å². The Morgan fingerprint density at radius 1 is 1.36 bits per heavy atom. The molecule has 0 amide bonds. The van der Waals surface area contributed by atoms with Gasteiger partial charge >= 0.3 is 5.97 Å². The molecule has 0 aliphatic carbocycles. The Bertz CT molecular complexity index is 344. The molecule has 0 aromatic carbocycles. The van der Waals surface area contributed by atoms with Crippen LogP contribution >= 0.6 is 24.0 Å². The summed E-state index contributed by atoms with van der Waals surface area (Å²) in [5, 5.41) is 3.39. The smallest absolute Gasteiger partial charge is 0.309 e. The first-order valence-corrected chi connectivity index (χ1v) is 7.93. The zero-order valence-corrected chi connectivity index (χ0v) is 16.6. The highest BCUT2D eigenvalue weighted by Crippen LogP contribution is 2.18. The Morgan fingerprint density at radius 3 is 2.50 bits per heavy atom. The number of nitrogens with zero attached hydrogens (tertiary/aromatic N) is 3. The fraction of sp³-hybridized carbons (Fsp3) is 0.867. The molecule has 0 aromatic heterocycles. The van der Waals surface area contributed by atoms with Crippen LogP contribution in [-0.4, -0.2) is 75.2 Å². The molecule has 0 atom stereocenters. The average Bonchev–Trinajstić information content (AvgIpc) is 2.51. The summed E-state index contributed by atoms with van der Waals surface area (Å²) in [6.07, 6.45) is 1.68. The molecule has 0 aromatic rings.